The van der Waals surface area contributed by atoms with Gasteiger partial charge < -0.3 is 9.32 Å². The van der Waals surface area contributed by atoms with Crippen molar-refractivity contribution in [3.8, 4) is 44.5 Å². The van der Waals surface area contributed by atoms with Crippen molar-refractivity contribution >= 4 is 71.3 Å². The number of fused-ring (bicyclic) bond motifs is 7. The van der Waals surface area contributed by atoms with Crippen LogP contribution in [-0.2, 0) is 0 Å². The summed E-state index contributed by atoms with van der Waals surface area (Å²) >= 11 is 0. The third-order valence-corrected chi connectivity index (χ3v) is 12.5. The zero-order valence-corrected chi connectivity index (χ0v) is 33.9. The lowest BCUT2D eigenvalue weighted by Crippen LogP contribution is -2.11. The van der Waals surface area contributed by atoms with Crippen LogP contribution in [0.25, 0.3) is 98.8 Å². The molecular formula is C60H39NO. The molecule has 0 aliphatic carbocycles. The Balaban J connectivity index is 1.13. The Morgan fingerprint density at radius 1 is 0.290 bits per heavy atom. The van der Waals surface area contributed by atoms with Crippen molar-refractivity contribution in [1.82, 2.24) is 0 Å². The predicted octanol–water partition coefficient (Wildman–Crippen LogP) is 17.2. The van der Waals surface area contributed by atoms with E-state index in [9.17, 15) is 0 Å². The molecule has 0 N–H and O–H groups in total. The van der Waals surface area contributed by atoms with Gasteiger partial charge >= 0.3 is 0 Å². The third kappa shape index (κ3) is 5.88. The van der Waals surface area contributed by atoms with Crippen LogP contribution in [0.2, 0.25) is 0 Å². The van der Waals surface area contributed by atoms with Crippen molar-refractivity contribution in [2.75, 3.05) is 4.90 Å². The number of furan rings is 1. The van der Waals surface area contributed by atoms with Crippen LogP contribution in [0, 0.1) is 0 Å². The average molecular weight is 790 g/mol. The van der Waals surface area contributed by atoms with Crippen LogP contribution >= 0.6 is 0 Å². The Hall–Kier alpha value is -8.20. The molecule has 12 aromatic rings. The summed E-state index contributed by atoms with van der Waals surface area (Å²) in [5.41, 5.74) is 14.3. The number of nitrogens with zero attached hydrogens (tertiary/aromatic N) is 1. The predicted molar refractivity (Wildman–Crippen MR) is 263 cm³/mol. The quantitative estimate of drug-likeness (QED) is 0.150. The van der Waals surface area contributed by atoms with Gasteiger partial charge in [-0.05, 0) is 102 Å². The van der Waals surface area contributed by atoms with E-state index in [0.717, 1.165) is 55.7 Å². The Morgan fingerprint density at radius 2 is 0.823 bits per heavy atom. The molecule has 62 heavy (non-hydrogen) atoms. The van der Waals surface area contributed by atoms with Crippen LogP contribution in [0.15, 0.2) is 241 Å². The SMILES string of the molecule is c1ccc(-c2cccc(-c3ccccc3)c2-c2ccc(N(c3cccc4ccc5ccccc5c34)c3ccc(-c4cccc5ccccc45)c4oc5ccccc5c34)cc2)cc1. The first-order chi connectivity index (χ1) is 30.8. The fraction of sp³-hybridized carbons (Fsp3) is 0. The summed E-state index contributed by atoms with van der Waals surface area (Å²) in [4.78, 5) is 2.46. The van der Waals surface area contributed by atoms with E-state index in [4.69, 9.17) is 4.42 Å². The molecule has 0 aliphatic rings. The number of hydrogen-bond acceptors (Lipinski definition) is 2. The minimum Gasteiger partial charge on any atom is -0.455 e. The summed E-state index contributed by atoms with van der Waals surface area (Å²) in [6.45, 7) is 0. The highest BCUT2D eigenvalue weighted by Crippen LogP contribution is 2.50. The van der Waals surface area contributed by atoms with Gasteiger partial charge in [0.2, 0.25) is 0 Å². The second kappa shape index (κ2) is 14.8. The first-order valence-corrected chi connectivity index (χ1v) is 21.3. The topological polar surface area (TPSA) is 16.4 Å². The molecule has 0 saturated carbocycles. The van der Waals surface area contributed by atoms with E-state index in [1.54, 1.807) is 0 Å². The molecule has 12 rings (SSSR count). The zero-order valence-electron chi connectivity index (χ0n) is 33.9. The normalized spacial score (nSPS) is 11.5. The molecule has 0 bridgehead atoms. The molecule has 0 atom stereocenters. The molecule has 0 radical (unpaired) electrons. The maximum Gasteiger partial charge on any atom is 0.145 e. The molecule has 290 valence electrons. The summed E-state index contributed by atoms with van der Waals surface area (Å²) in [5, 5.41) is 9.37. The van der Waals surface area contributed by atoms with Gasteiger partial charge in [-0.25, -0.2) is 0 Å². The molecule has 0 spiro atoms. The maximum absolute atomic E-state index is 6.97. The molecule has 11 aromatic carbocycles. The molecule has 2 heteroatoms. The summed E-state index contributed by atoms with van der Waals surface area (Å²) in [5.74, 6) is 0. The molecular weight excluding hydrogens is 751 g/mol. The highest BCUT2D eigenvalue weighted by molar-refractivity contribution is 6.21. The van der Waals surface area contributed by atoms with E-state index < -0.39 is 0 Å². The monoisotopic (exact) mass is 789 g/mol. The van der Waals surface area contributed by atoms with Crippen molar-refractivity contribution < 1.29 is 4.42 Å². The summed E-state index contributed by atoms with van der Waals surface area (Å²) in [6.07, 6.45) is 0. The van der Waals surface area contributed by atoms with E-state index in [2.05, 4.69) is 241 Å². The summed E-state index contributed by atoms with van der Waals surface area (Å²) < 4.78 is 6.97. The molecule has 0 amide bonds. The average Bonchev–Trinajstić information content (AvgIpc) is 3.75. The molecule has 0 fully saturated rings. The van der Waals surface area contributed by atoms with Crippen molar-refractivity contribution in [1.29, 1.82) is 0 Å². The smallest absolute Gasteiger partial charge is 0.145 e. The van der Waals surface area contributed by atoms with Crippen LogP contribution in [0.4, 0.5) is 17.1 Å². The van der Waals surface area contributed by atoms with Gasteiger partial charge in [-0.1, -0.05) is 200 Å². The van der Waals surface area contributed by atoms with Gasteiger partial charge in [0.25, 0.3) is 0 Å². The summed E-state index contributed by atoms with van der Waals surface area (Å²) in [7, 11) is 0. The van der Waals surface area contributed by atoms with E-state index in [1.165, 1.54) is 60.1 Å². The van der Waals surface area contributed by atoms with Gasteiger partial charge in [0.1, 0.15) is 11.2 Å². The van der Waals surface area contributed by atoms with Gasteiger partial charge in [0.15, 0.2) is 0 Å². The standard InChI is InChI=1S/C60H39NO/c1-3-16-41(17-4-1)48-27-15-28-49(42-18-5-2-6-19-42)57(48)45-34-36-46(37-35-45)61(54-30-14-23-44-33-32-43-21-8-10-25-50(43)58(44)54)55-39-38-52(51-29-13-22-40-20-7-9-24-47(40)51)60-59(55)53-26-11-12-31-56(53)62-60/h1-39H. The number of para-hydroxylation sites is 1. The van der Waals surface area contributed by atoms with E-state index in [1.807, 2.05) is 0 Å². The van der Waals surface area contributed by atoms with Crippen LogP contribution in [-0.4, -0.2) is 0 Å². The maximum atomic E-state index is 6.97. The number of hydrogen-bond donors (Lipinski definition) is 0. The molecule has 2 nitrogen and oxygen atoms in total. The van der Waals surface area contributed by atoms with E-state index in [-0.39, 0.29) is 0 Å². The Bertz CT molecular complexity index is 3560. The van der Waals surface area contributed by atoms with Crippen LogP contribution in [0.3, 0.4) is 0 Å². The second-order valence-electron chi connectivity index (χ2n) is 16.0. The fourth-order valence-electron chi connectivity index (χ4n) is 9.66. The minimum atomic E-state index is 0.862. The lowest BCUT2D eigenvalue weighted by atomic mass is 9.87. The number of anilines is 3. The second-order valence-corrected chi connectivity index (χ2v) is 16.0. The van der Waals surface area contributed by atoms with Gasteiger partial charge in [-0.2, -0.15) is 0 Å². The highest BCUT2D eigenvalue weighted by atomic mass is 16.3. The number of benzene rings is 11. The van der Waals surface area contributed by atoms with Gasteiger partial charge in [0, 0.05) is 22.0 Å². The van der Waals surface area contributed by atoms with E-state index >= 15 is 0 Å². The van der Waals surface area contributed by atoms with Gasteiger partial charge in [-0.15, -0.1) is 0 Å². The zero-order chi connectivity index (χ0) is 41.0. The van der Waals surface area contributed by atoms with Crippen LogP contribution in [0.5, 0.6) is 0 Å². The third-order valence-electron chi connectivity index (χ3n) is 12.5. The molecule has 0 aliphatic heterocycles. The Labute approximate surface area is 360 Å². The largest absolute Gasteiger partial charge is 0.455 e. The minimum absolute atomic E-state index is 0.862. The van der Waals surface area contributed by atoms with Crippen molar-refractivity contribution in [2.24, 2.45) is 0 Å². The van der Waals surface area contributed by atoms with Gasteiger partial charge in [-0.3, -0.25) is 0 Å². The van der Waals surface area contributed by atoms with Crippen molar-refractivity contribution in [3.63, 3.8) is 0 Å². The lowest BCUT2D eigenvalue weighted by molar-refractivity contribution is 0.670. The molecule has 1 aromatic heterocycles. The van der Waals surface area contributed by atoms with Crippen LogP contribution < -0.4 is 4.90 Å². The van der Waals surface area contributed by atoms with Crippen molar-refractivity contribution in [2.45, 2.75) is 0 Å². The fourth-order valence-corrected chi connectivity index (χ4v) is 9.66. The first kappa shape index (κ1) is 35.7. The molecule has 0 unspecified atom stereocenters. The first-order valence-electron chi connectivity index (χ1n) is 21.3. The highest BCUT2D eigenvalue weighted by Gasteiger charge is 2.25. The summed E-state index contributed by atoms with van der Waals surface area (Å²) in [6, 6.07) is 85.4. The van der Waals surface area contributed by atoms with Gasteiger partial charge in [0.05, 0.1) is 16.8 Å². The van der Waals surface area contributed by atoms with Crippen molar-refractivity contribution in [3.05, 3.63) is 237 Å². The number of rotatable bonds is 7. The molecule has 1 heterocycles. The Kier molecular flexibility index (Phi) is 8.53. The Morgan fingerprint density at radius 3 is 1.56 bits per heavy atom. The lowest BCUT2D eigenvalue weighted by Gasteiger charge is -2.29. The van der Waals surface area contributed by atoms with E-state index in [0.29, 0.717) is 0 Å². The molecule has 0 saturated heterocycles. The van der Waals surface area contributed by atoms with Crippen LogP contribution in [0.1, 0.15) is 0 Å².